The Morgan fingerprint density at radius 3 is 2.70 bits per heavy atom. The zero-order valence-corrected chi connectivity index (χ0v) is 7.59. The van der Waals surface area contributed by atoms with E-state index in [2.05, 4.69) is 6.82 Å². The molecule has 2 amide bonds. The second-order valence-electron chi connectivity index (χ2n) is 2.75. The van der Waals surface area contributed by atoms with Gasteiger partial charge in [-0.15, -0.1) is 0 Å². The van der Waals surface area contributed by atoms with Crippen LogP contribution in [0.1, 0.15) is 0 Å². The Morgan fingerprint density at radius 1 is 1.60 bits per heavy atom. The van der Waals surface area contributed by atoms with Crippen molar-refractivity contribution in [2.75, 3.05) is 20.5 Å². The molecule has 0 bridgehead atoms. The molecule has 1 atom stereocenters. The van der Waals surface area contributed by atoms with Gasteiger partial charge in [-0.05, 0) is 0 Å². The van der Waals surface area contributed by atoms with E-state index in [0.717, 1.165) is 6.44 Å². The minimum absolute atomic E-state index is 0.149. The number of hydrogen-bond donors (Lipinski definition) is 0. The zero-order chi connectivity index (χ0) is 7.72. The standard InChI is InChI=1S/C5H12BN2OP/c1-6-4-7(2)5(9)8(3)10-6/h10H,4H2,1-3H3. The Labute approximate surface area is 63.6 Å². The van der Waals surface area contributed by atoms with Crippen LogP contribution in [-0.4, -0.2) is 42.6 Å². The molecular weight excluding hydrogens is 146 g/mol. The molecule has 0 spiro atoms. The van der Waals surface area contributed by atoms with E-state index in [1.165, 1.54) is 0 Å². The van der Waals surface area contributed by atoms with Crippen LogP contribution in [0.15, 0.2) is 0 Å². The smallest absolute Gasteiger partial charge is 0.321 e. The van der Waals surface area contributed by atoms with Crippen molar-refractivity contribution in [1.82, 2.24) is 9.57 Å². The van der Waals surface area contributed by atoms with Crippen LogP contribution >= 0.6 is 8.61 Å². The van der Waals surface area contributed by atoms with Gasteiger partial charge in [-0.3, -0.25) is 0 Å². The lowest BCUT2D eigenvalue weighted by Gasteiger charge is -2.33. The lowest BCUT2D eigenvalue weighted by molar-refractivity contribution is 0.201. The van der Waals surface area contributed by atoms with E-state index in [0.29, 0.717) is 15.0 Å². The van der Waals surface area contributed by atoms with Crippen molar-refractivity contribution in [2.24, 2.45) is 0 Å². The lowest BCUT2D eigenvalue weighted by atomic mass is 9.79. The van der Waals surface area contributed by atoms with E-state index in [9.17, 15) is 4.79 Å². The van der Waals surface area contributed by atoms with Gasteiger partial charge < -0.3 is 9.57 Å². The van der Waals surface area contributed by atoms with Crippen molar-refractivity contribution in [1.29, 1.82) is 0 Å². The van der Waals surface area contributed by atoms with Gasteiger partial charge in [0.05, 0.1) is 0 Å². The summed E-state index contributed by atoms with van der Waals surface area (Å²) < 4.78 is 1.79. The summed E-state index contributed by atoms with van der Waals surface area (Å²) in [5.41, 5.74) is 0. The van der Waals surface area contributed by atoms with Crippen molar-refractivity contribution >= 4 is 21.1 Å². The predicted octanol–water partition coefficient (Wildman–Crippen LogP) is 0.738. The van der Waals surface area contributed by atoms with Gasteiger partial charge in [0.15, 0.2) is 0 Å². The van der Waals surface area contributed by atoms with Crippen LogP contribution in [-0.2, 0) is 0 Å². The third-order valence-electron chi connectivity index (χ3n) is 1.58. The average Bonchev–Trinajstić information content (AvgIpc) is 1.82. The van der Waals surface area contributed by atoms with E-state index in [-0.39, 0.29) is 6.03 Å². The van der Waals surface area contributed by atoms with E-state index >= 15 is 0 Å². The van der Waals surface area contributed by atoms with Gasteiger partial charge >= 0.3 is 6.03 Å². The Bertz CT molecular complexity index is 141. The molecule has 1 aliphatic rings. The molecule has 1 fully saturated rings. The molecule has 0 aliphatic carbocycles. The Hall–Kier alpha value is -0.235. The third-order valence-corrected chi connectivity index (χ3v) is 2.78. The van der Waals surface area contributed by atoms with Crippen LogP contribution in [0.25, 0.3) is 0 Å². The third kappa shape index (κ3) is 1.43. The van der Waals surface area contributed by atoms with Gasteiger partial charge in [0.25, 0.3) is 0 Å². The number of carbonyl (C=O) groups is 1. The van der Waals surface area contributed by atoms with Gasteiger partial charge in [0.2, 0.25) is 6.43 Å². The van der Waals surface area contributed by atoms with Crippen LogP contribution in [0.5, 0.6) is 0 Å². The predicted molar refractivity (Wildman–Crippen MR) is 45.7 cm³/mol. The minimum Gasteiger partial charge on any atom is -0.334 e. The van der Waals surface area contributed by atoms with Gasteiger partial charge in [-0.2, -0.15) is 0 Å². The maximum Gasteiger partial charge on any atom is 0.321 e. The molecule has 1 rings (SSSR count). The van der Waals surface area contributed by atoms with E-state index < -0.39 is 0 Å². The monoisotopic (exact) mass is 158 g/mol. The van der Waals surface area contributed by atoms with E-state index in [1.54, 1.807) is 9.57 Å². The summed E-state index contributed by atoms with van der Waals surface area (Å²) in [4.78, 5) is 12.9. The van der Waals surface area contributed by atoms with Gasteiger partial charge in [0.1, 0.15) is 0 Å². The van der Waals surface area contributed by atoms with Gasteiger partial charge in [-0.1, -0.05) is 15.4 Å². The first-order valence-electron chi connectivity index (χ1n) is 3.36. The molecule has 3 nitrogen and oxygen atoms in total. The second-order valence-corrected chi connectivity index (χ2v) is 4.67. The molecule has 0 radical (unpaired) electrons. The first kappa shape index (κ1) is 7.87. The Kier molecular flexibility index (Phi) is 2.19. The number of urea groups is 1. The number of carbonyl (C=O) groups excluding carboxylic acids is 1. The first-order valence-corrected chi connectivity index (χ1v) is 4.38. The van der Waals surface area contributed by atoms with Crippen molar-refractivity contribution < 1.29 is 4.79 Å². The molecule has 0 aromatic heterocycles. The summed E-state index contributed by atoms with van der Waals surface area (Å²) in [6.45, 7) is 2.16. The molecule has 10 heavy (non-hydrogen) atoms. The topological polar surface area (TPSA) is 23.6 Å². The van der Waals surface area contributed by atoms with Crippen LogP contribution in [0, 0.1) is 0 Å². The summed E-state index contributed by atoms with van der Waals surface area (Å²) >= 11 is 0. The highest BCUT2D eigenvalue weighted by Crippen LogP contribution is 2.25. The minimum atomic E-state index is 0.149. The fourth-order valence-corrected chi connectivity index (χ4v) is 2.47. The summed E-state index contributed by atoms with van der Waals surface area (Å²) in [5.74, 6) is 0. The summed E-state index contributed by atoms with van der Waals surface area (Å²) in [6, 6.07) is 0.149. The molecule has 1 aliphatic heterocycles. The Balaban J connectivity index is 2.57. The van der Waals surface area contributed by atoms with Crippen molar-refractivity contribution in [3.63, 3.8) is 0 Å². The highest BCUT2D eigenvalue weighted by atomic mass is 31.1. The fraction of sp³-hybridized carbons (Fsp3) is 0.800. The quantitative estimate of drug-likeness (QED) is 0.376. The molecule has 0 N–H and O–H groups in total. The maximum atomic E-state index is 11.1. The average molecular weight is 158 g/mol. The molecule has 56 valence electrons. The van der Waals surface area contributed by atoms with Crippen LogP contribution < -0.4 is 0 Å². The van der Waals surface area contributed by atoms with E-state index in [4.69, 9.17) is 0 Å². The Morgan fingerprint density at radius 2 is 2.20 bits per heavy atom. The fourth-order valence-electron chi connectivity index (χ4n) is 1.17. The number of nitrogens with zero attached hydrogens (tertiary/aromatic N) is 2. The molecule has 1 saturated heterocycles. The maximum absolute atomic E-state index is 11.1. The molecule has 1 heterocycles. The lowest BCUT2D eigenvalue weighted by Crippen LogP contribution is -2.45. The highest BCUT2D eigenvalue weighted by molar-refractivity contribution is 7.74. The molecule has 0 saturated carbocycles. The number of hydrogen-bond acceptors (Lipinski definition) is 1. The van der Waals surface area contributed by atoms with E-state index in [1.807, 2.05) is 14.1 Å². The molecule has 0 aromatic carbocycles. The van der Waals surface area contributed by atoms with Crippen LogP contribution in [0.4, 0.5) is 4.79 Å². The summed E-state index contributed by atoms with van der Waals surface area (Å²) in [6.07, 6.45) is 1.54. The van der Waals surface area contributed by atoms with Crippen LogP contribution in [0.2, 0.25) is 6.82 Å². The second kappa shape index (κ2) is 2.79. The van der Waals surface area contributed by atoms with Crippen molar-refractivity contribution in [3.8, 4) is 0 Å². The van der Waals surface area contributed by atoms with Gasteiger partial charge in [-0.25, -0.2) is 4.79 Å². The molecule has 5 heteroatoms. The van der Waals surface area contributed by atoms with Crippen molar-refractivity contribution in [2.45, 2.75) is 6.82 Å². The normalized spacial score (nSPS) is 22.7. The molecular formula is C5H12BN2OP. The molecule has 0 aromatic rings. The number of amides is 2. The SMILES string of the molecule is CB1CN(C)C(=O)N(C)P1. The van der Waals surface area contributed by atoms with Crippen molar-refractivity contribution in [3.05, 3.63) is 0 Å². The molecule has 1 unspecified atom stereocenters. The number of rotatable bonds is 0. The summed E-state index contributed by atoms with van der Waals surface area (Å²) in [7, 11) is 4.36. The highest BCUT2D eigenvalue weighted by Gasteiger charge is 2.25. The zero-order valence-electron chi connectivity index (χ0n) is 6.59. The first-order chi connectivity index (χ1) is 4.61. The van der Waals surface area contributed by atoms with Gasteiger partial charge in [0, 0.05) is 20.5 Å². The largest absolute Gasteiger partial charge is 0.334 e. The summed E-state index contributed by atoms with van der Waals surface area (Å²) in [5, 5.41) is 0. The van der Waals surface area contributed by atoms with Crippen LogP contribution in [0.3, 0.4) is 0 Å².